The maximum absolute atomic E-state index is 3.35. The summed E-state index contributed by atoms with van der Waals surface area (Å²) < 4.78 is 0. The molecule has 0 saturated carbocycles. The minimum absolute atomic E-state index is 1.00. The molecule has 0 unspecified atom stereocenters. The van der Waals surface area contributed by atoms with E-state index in [0.717, 1.165) is 6.42 Å². The van der Waals surface area contributed by atoms with Crippen LogP contribution < -0.4 is 0 Å². The van der Waals surface area contributed by atoms with Gasteiger partial charge in [0, 0.05) is 0 Å². The summed E-state index contributed by atoms with van der Waals surface area (Å²) in [7, 11) is 0. The van der Waals surface area contributed by atoms with Crippen LogP contribution in [0.4, 0.5) is 0 Å². The molecule has 0 aromatic heterocycles. The zero-order valence-electron chi connectivity index (χ0n) is 11.5. The van der Waals surface area contributed by atoms with Gasteiger partial charge in [0.2, 0.25) is 0 Å². The Morgan fingerprint density at radius 1 is 0.762 bits per heavy atom. The van der Waals surface area contributed by atoms with Crippen LogP contribution in [0.1, 0.15) is 11.1 Å². The summed E-state index contributed by atoms with van der Waals surface area (Å²) in [6.07, 6.45) is 1.00. The van der Waals surface area contributed by atoms with Crippen molar-refractivity contribution in [1.29, 1.82) is 0 Å². The normalized spacial score (nSPS) is 12.6. The Kier molecular flexibility index (Phi) is 2.09. The quantitative estimate of drug-likeness (QED) is 0.339. The molecule has 1 aliphatic rings. The molecular formula is C21H12. The van der Waals surface area contributed by atoms with E-state index in [4.69, 9.17) is 0 Å². The summed E-state index contributed by atoms with van der Waals surface area (Å²) in [6, 6.07) is 28.1. The fourth-order valence-corrected chi connectivity index (χ4v) is 3.67. The van der Waals surface area contributed by atoms with Gasteiger partial charge in [-0.2, -0.15) is 0 Å². The molecule has 0 atom stereocenters. The number of hydrogen-bond donors (Lipinski definition) is 0. The van der Waals surface area contributed by atoms with E-state index in [1.165, 1.54) is 43.8 Å². The Hall–Kier alpha value is -2.60. The van der Waals surface area contributed by atoms with Crippen molar-refractivity contribution < 1.29 is 0 Å². The molecule has 4 aromatic carbocycles. The van der Waals surface area contributed by atoms with Gasteiger partial charge in [0.05, 0.1) is 0 Å². The fourth-order valence-electron chi connectivity index (χ4n) is 3.67. The summed E-state index contributed by atoms with van der Waals surface area (Å²) in [5.74, 6) is 0. The first-order chi connectivity index (χ1) is 10.4. The van der Waals surface area contributed by atoms with E-state index in [2.05, 4.69) is 66.7 Å². The van der Waals surface area contributed by atoms with Crippen molar-refractivity contribution in [3.8, 4) is 11.1 Å². The smallest absolute Gasteiger partial charge is 0.000683 e. The molecule has 0 N–H and O–H groups in total. The van der Waals surface area contributed by atoms with E-state index in [1.54, 1.807) is 0 Å². The Morgan fingerprint density at radius 2 is 1.57 bits per heavy atom. The van der Waals surface area contributed by atoms with Crippen LogP contribution in [-0.4, -0.2) is 0 Å². The highest BCUT2D eigenvalue weighted by atomic mass is 14.3. The molecule has 0 heterocycles. The third kappa shape index (κ3) is 1.39. The molecule has 0 fully saturated rings. The van der Waals surface area contributed by atoms with Crippen molar-refractivity contribution in [2.45, 2.75) is 6.42 Å². The standard InChI is InChI=1S/C21H12/c1-2-8-15-14(7-1)13-20-18-11-4-3-9-16(18)17-10-5-6-12-19(17)21(15)20/h1-3,5-10,12H,13H2. The zero-order chi connectivity index (χ0) is 13.8. The average Bonchev–Trinajstić information content (AvgIpc) is 2.95. The maximum atomic E-state index is 3.35. The summed E-state index contributed by atoms with van der Waals surface area (Å²) in [5.41, 5.74) is 5.59. The van der Waals surface area contributed by atoms with Gasteiger partial charge in [0.1, 0.15) is 0 Å². The third-order valence-electron chi connectivity index (χ3n) is 4.54. The van der Waals surface area contributed by atoms with Gasteiger partial charge in [0.25, 0.3) is 0 Å². The lowest BCUT2D eigenvalue weighted by Gasteiger charge is -2.11. The molecule has 1 aliphatic carbocycles. The molecule has 4 aromatic rings. The van der Waals surface area contributed by atoms with E-state index in [-0.39, 0.29) is 0 Å². The number of fused-ring (bicyclic) bond motifs is 8. The van der Waals surface area contributed by atoms with Crippen LogP contribution in [0.15, 0.2) is 60.7 Å². The van der Waals surface area contributed by atoms with Gasteiger partial charge in [-0.05, 0) is 62.4 Å². The monoisotopic (exact) mass is 264 g/mol. The topological polar surface area (TPSA) is 0 Å². The number of rotatable bonds is 0. The Bertz CT molecular complexity index is 1010. The van der Waals surface area contributed by atoms with Crippen LogP contribution in [-0.2, 0) is 6.42 Å². The fraction of sp³-hybridized carbons (Fsp3) is 0.0476. The number of benzene rings is 4. The second-order valence-corrected chi connectivity index (χ2v) is 5.62. The first kappa shape index (κ1) is 11.1. The molecule has 0 amide bonds. The second-order valence-electron chi connectivity index (χ2n) is 5.62. The lowest BCUT2D eigenvalue weighted by Crippen LogP contribution is -1.87. The second kappa shape index (κ2) is 3.95. The van der Waals surface area contributed by atoms with Crippen LogP contribution >= 0.6 is 0 Å². The van der Waals surface area contributed by atoms with Crippen LogP contribution in [0.2, 0.25) is 0 Å². The van der Waals surface area contributed by atoms with Crippen molar-refractivity contribution in [1.82, 2.24) is 0 Å². The van der Waals surface area contributed by atoms with E-state index < -0.39 is 0 Å². The molecular weight excluding hydrogens is 252 g/mol. The summed E-state index contributed by atoms with van der Waals surface area (Å²) in [6.45, 7) is 0. The first-order valence-corrected chi connectivity index (χ1v) is 7.27. The van der Waals surface area contributed by atoms with Gasteiger partial charge < -0.3 is 0 Å². The highest BCUT2D eigenvalue weighted by molar-refractivity contribution is 6.17. The van der Waals surface area contributed by atoms with Gasteiger partial charge in [-0.3, -0.25) is 0 Å². The van der Waals surface area contributed by atoms with Crippen LogP contribution in [0, 0.1) is 12.1 Å². The minimum atomic E-state index is 1.00. The molecule has 0 saturated heterocycles. The molecule has 0 bridgehead atoms. The highest BCUT2D eigenvalue weighted by Crippen LogP contribution is 2.45. The van der Waals surface area contributed by atoms with Crippen LogP contribution in [0.5, 0.6) is 0 Å². The van der Waals surface area contributed by atoms with E-state index >= 15 is 0 Å². The summed E-state index contributed by atoms with van der Waals surface area (Å²) in [4.78, 5) is 0. The van der Waals surface area contributed by atoms with E-state index in [1.807, 2.05) is 6.07 Å². The van der Waals surface area contributed by atoms with Crippen molar-refractivity contribution in [2.24, 2.45) is 0 Å². The molecule has 21 heavy (non-hydrogen) atoms. The summed E-state index contributed by atoms with van der Waals surface area (Å²) in [5, 5.41) is 5.18. The van der Waals surface area contributed by atoms with Gasteiger partial charge >= 0.3 is 0 Å². The van der Waals surface area contributed by atoms with Gasteiger partial charge in [0.15, 0.2) is 0 Å². The first-order valence-electron chi connectivity index (χ1n) is 7.27. The Morgan fingerprint density at radius 3 is 2.52 bits per heavy atom. The SMILES string of the molecule is [c]1[c]c2c3c(c4ccccc4c2cc1)-c1ccccc1C3. The Balaban J connectivity index is 2.08. The summed E-state index contributed by atoms with van der Waals surface area (Å²) >= 11 is 0. The van der Waals surface area contributed by atoms with Crippen LogP contribution in [0.25, 0.3) is 32.7 Å². The van der Waals surface area contributed by atoms with Crippen molar-refractivity contribution >= 4 is 21.5 Å². The predicted molar refractivity (Wildman–Crippen MR) is 87.4 cm³/mol. The lowest BCUT2D eigenvalue weighted by molar-refractivity contribution is 1.29. The lowest BCUT2D eigenvalue weighted by atomic mass is 9.92. The molecule has 2 radical (unpaired) electrons. The molecule has 0 aliphatic heterocycles. The van der Waals surface area contributed by atoms with Crippen molar-refractivity contribution in [3.05, 3.63) is 83.9 Å². The number of hydrogen-bond acceptors (Lipinski definition) is 0. The average molecular weight is 264 g/mol. The van der Waals surface area contributed by atoms with Crippen molar-refractivity contribution in [3.63, 3.8) is 0 Å². The predicted octanol–water partition coefficient (Wildman–Crippen LogP) is 5.16. The minimum Gasteiger partial charge on any atom is -0.0619 e. The molecule has 0 spiro atoms. The van der Waals surface area contributed by atoms with Gasteiger partial charge in [-0.1, -0.05) is 60.7 Å². The molecule has 96 valence electrons. The molecule has 0 nitrogen and oxygen atoms in total. The van der Waals surface area contributed by atoms with E-state index in [0.29, 0.717) is 0 Å². The van der Waals surface area contributed by atoms with Gasteiger partial charge in [-0.25, -0.2) is 0 Å². The highest BCUT2D eigenvalue weighted by Gasteiger charge is 2.23. The molecule has 5 rings (SSSR count). The third-order valence-corrected chi connectivity index (χ3v) is 4.54. The van der Waals surface area contributed by atoms with Crippen LogP contribution in [0.3, 0.4) is 0 Å². The largest absolute Gasteiger partial charge is 0.0619 e. The Labute approximate surface area is 123 Å². The molecule has 0 heteroatoms. The van der Waals surface area contributed by atoms with E-state index in [9.17, 15) is 0 Å². The maximum Gasteiger partial charge on any atom is -0.000683 e. The van der Waals surface area contributed by atoms with Gasteiger partial charge in [-0.15, -0.1) is 0 Å². The zero-order valence-corrected chi connectivity index (χ0v) is 11.5. The van der Waals surface area contributed by atoms with Crippen molar-refractivity contribution in [2.75, 3.05) is 0 Å².